The van der Waals surface area contributed by atoms with Crippen molar-refractivity contribution in [3.8, 4) is 0 Å². The summed E-state index contributed by atoms with van der Waals surface area (Å²) >= 11 is 0. The van der Waals surface area contributed by atoms with Gasteiger partial charge in [0.1, 0.15) is 0 Å². The maximum atomic E-state index is 10.4. The molecule has 0 saturated heterocycles. The Labute approximate surface area is 155 Å². The number of rotatable bonds is 13. The zero-order chi connectivity index (χ0) is 17.2. The molecule has 0 radical (unpaired) electrons. The molecule has 0 aliphatic carbocycles. The van der Waals surface area contributed by atoms with Crippen molar-refractivity contribution in [1.29, 1.82) is 0 Å². The molecule has 1 atom stereocenters. The minimum atomic E-state index is -0.663. The van der Waals surface area contributed by atoms with Crippen LogP contribution in [0.4, 0.5) is 0 Å². The van der Waals surface area contributed by atoms with Crippen LogP contribution in [0.25, 0.3) is 0 Å². The zero-order valence-electron chi connectivity index (χ0n) is 15.5. The first-order chi connectivity index (χ1) is 10.5. The van der Waals surface area contributed by atoms with E-state index in [-0.39, 0.29) is 25.4 Å². The number of carboxylic acid groups (broad SMARTS) is 2. The molecule has 5 heteroatoms. The molecule has 0 heterocycles. The van der Waals surface area contributed by atoms with Gasteiger partial charge in [-0.25, -0.2) is 0 Å². The largest absolute Gasteiger partial charge is 0.481 e. The minimum absolute atomic E-state index is 0. The Balaban J connectivity index is -0.000000338. The van der Waals surface area contributed by atoms with Gasteiger partial charge in [0, 0.05) is 25.9 Å². The molecule has 2 N–H and O–H groups in total. The van der Waals surface area contributed by atoms with Gasteiger partial charge in [0.25, 0.3) is 0 Å². The SMILES string of the molecule is CCCCC(CC)C(=O)O.CCCCCCCCCC(=O)O.[Zn]. The van der Waals surface area contributed by atoms with Crippen LogP contribution in [0.1, 0.15) is 97.8 Å². The number of hydrogen-bond donors (Lipinski definition) is 2. The summed E-state index contributed by atoms with van der Waals surface area (Å²) < 4.78 is 0. The summed E-state index contributed by atoms with van der Waals surface area (Å²) in [6.45, 7) is 6.20. The zero-order valence-corrected chi connectivity index (χ0v) is 18.4. The summed E-state index contributed by atoms with van der Waals surface area (Å²) in [6.07, 6.45) is 12.4. The van der Waals surface area contributed by atoms with Crippen molar-refractivity contribution < 1.29 is 39.3 Å². The molecule has 4 nitrogen and oxygen atoms in total. The van der Waals surface area contributed by atoms with E-state index in [1.807, 2.05) is 6.92 Å². The summed E-state index contributed by atoms with van der Waals surface area (Å²) in [7, 11) is 0. The fraction of sp³-hybridized carbons (Fsp3) is 0.889. The van der Waals surface area contributed by atoms with Crippen molar-refractivity contribution in [2.75, 3.05) is 0 Å². The third-order valence-electron chi connectivity index (χ3n) is 3.74. The van der Waals surface area contributed by atoms with Crippen LogP contribution >= 0.6 is 0 Å². The molecule has 0 bridgehead atoms. The molecular formula is C18H36O4Zn. The first-order valence-corrected chi connectivity index (χ1v) is 8.94. The number of unbranched alkanes of at least 4 members (excludes halogenated alkanes) is 7. The van der Waals surface area contributed by atoms with E-state index < -0.39 is 11.9 Å². The van der Waals surface area contributed by atoms with Crippen LogP contribution < -0.4 is 0 Å². The molecule has 0 saturated carbocycles. The number of carboxylic acids is 2. The standard InChI is InChI=1S/C10H20O2.C8H16O2.Zn/c1-2-3-4-5-6-7-8-9-10(11)12;1-3-5-6-7(4-2)8(9)10;/h2-9H2,1H3,(H,11,12);7H,3-6H2,1-2H3,(H,9,10);. The summed E-state index contributed by atoms with van der Waals surface area (Å²) in [6, 6.07) is 0. The maximum absolute atomic E-state index is 10.4. The Morgan fingerprint density at radius 1 is 0.783 bits per heavy atom. The predicted octanol–water partition coefficient (Wildman–Crippen LogP) is 5.50. The molecule has 0 amide bonds. The average Bonchev–Trinajstić information content (AvgIpc) is 2.47. The molecular weight excluding hydrogens is 346 g/mol. The van der Waals surface area contributed by atoms with Crippen LogP contribution in [0.2, 0.25) is 0 Å². The van der Waals surface area contributed by atoms with E-state index in [0.717, 1.165) is 38.5 Å². The first kappa shape index (κ1) is 27.4. The van der Waals surface area contributed by atoms with Gasteiger partial charge in [0.2, 0.25) is 0 Å². The number of carbonyl (C=O) groups is 2. The molecule has 134 valence electrons. The van der Waals surface area contributed by atoms with E-state index in [1.54, 1.807) is 0 Å². The third-order valence-corrected chi connectivity index (χ3v) is 3.74. The molecule has 0 aromatic rings. The molecule has 0 aromatic heterocycles. The van der Waals surface area contributed by atoms with Crippen molar-refractivity contribution in [2.24, 2.45) is 5.92 Å². The molecule has 23 heavy (non-hydrogen) atoms. The normalized spacial score (nSPS) is 10.9. The summed E-state index contributed by atoms with van der Waals surface area (Å²) in [5, 5.41) is 17.0. The van der Waals surface area contributed by atoms with Crippen molar-refractivity contribution in [3.05, 3.63) is 0 Å². The monoisotopic (exact) mass is 380 g/mol. The maximum Gasteiger partial charge on any atom is 0.306 e. The van der Waals surface area contributed by atoms with E-state index in [1.165, 1.54) is 32.1 Å². The van der Waals surface area contributed by atoms with E-state index in [4.69, 9.17) is 10.2 Å². The van der Waals surface area contributed by atoms with Crippen LogP contribution in [0.15, 0.2) is 0 Å². The van der Waals surface area contributed by atoms with Crippen LogP contribution in [0.3, 0.4) is 0 Å². The molecule has 0 aliphatic heterocycles. The van der Waals surface area contributed by atoms with E-state index in [9.17, 15) is 9.59 Å². The van der Waals surface area contributed by atoms with Gasteiger partial charge in [0.15, 0.2) is 0 Å². The minimum Gasteiger partial charge on any atom is -0.481 e. The summed E-state index contributed by atoms with van der Waals surface area (Å²) in [4.78, 5) is 20.6. The smallest absolute Gasteiger partial charge is 0.306 e. The third kappa shape index (κ3) is 23.9. The second-order valence-electron chi connectivity index (χ2n) is 5.85. The molecule has 0 rings (SSSR count). The molecule has 0 aliphatic rings. The van der Waals surface area contributed by atoms with Gasteiger partial charge in [-0.3, -0.25) is 9.59 Å². The Morgan fingerprint density at radius 2 is 1.26 bits per heavy atom. The van der Waals surface area contributed by atoms with E-state index in [0.29, 0.717) is 6.42 Å². The van der Waals surface area contributed by atoms with Gasteiger partial charge in [0.05, 0.1) is 5.92 Å². The van der Waals surface area contributed by atoms with Gasteiger partial charge in [-0.2, -0.15) is 0 Å². The van der Waals surface area contributed by atoms with E-state index >= 15 is 0 Å². The van der Waals surface area contributed by atoms with Crippen LogP contribution in [-0.4, -0.2) is 22.2 Å². The van der Waals surface area contributed by atoms with Crippen LogP contribution in [0.5, 0.6) is 0 Å². The number of hydrogen-bond acceptors (Lipinski definition) is 2. The topological polar surface area (TPSA) is 74.6 Å². The van der Waals surface area contributed by atoms with Crippen molar-refractivity contribution in [2.45, 2.75) is 97.8 Å². The van der Waals surface area contributed by atoms with Gasteiger partial charge in [-0.15, -0.1) is 0 Å². The molecule has 0 aromatic carbocycles. The second kappa shape index (κ2) is 21.6. The van der Waals surface area contributed by atoms with E-state index in [2.05, 4.69) is 13.8 Å². The Kier molecular flexibility index (Phi) is 25.7. The van der Waals surface area contributed by atoms with Crippen molar-refractivity contribution in [3.63, 3.8) is 0 Å². The van der Waals surface area contributed by atoms with Crippen molar-refractivity contribution >= 4 is 11.9 Å². The van der Waals surface area contributed by atoms with Gasteiger partial charge in [-0.1, -0.05) is 72.1 Å². The predicted molar refractivity (Wildman–Crippen MR) is 91.2 cm³/mol. The second-order valence-corrected chi connectivity index (χ2v) is 5.85. The molecule has 0 spiro atoms. The van der Waals surface area contributed by atoms with Gasteiger partial charge >= 0.3 is 11.9 Å². The molecule has 1 unspecified atom stereocenters. The summed E-state index contributed by atoms with van der Waals surface area (Å²) in [5.41, 5.74) is 0. The van der Waals surface area contributed by atoms with Crippen LogP contribution in [-0.2, 0) is 29.1 Å². The fourth-order valence-electron chi connectivity index (χ4n) is 2.19. The first-order valence-electron chi connectivity index (χ1n) is 8.94. The van der Waals surface area contributed by atoms with Gasteiger partial charge < -0.3 is 10.2 Å². The van der Waals surface area contributed by atoms with Crippen LogP contribution in [0, 0.1) is 5.92 Å². The Morgan fingerprint density at radius 3 is 1.65 bits per heavy atom. The number of aliphatic carboxylic acids is 2. The Hall–Kier alpha value is -0.437. The van der Waals surface area contributed by atoms with Crippen molar-refractivity contribution in [1.82, 2.24) is 0 Å². The average molecular weight is 382 g/mol. The quantitative estimate of drug-likeness (QED) is 0.326. The molecule has 0 fully saturated rings. The van der Waals surface area contributed by atoms with Gasteiger partial charge in [-0.05, 0) is 19.3 Å². The summed E-state index contributed by atoms with van der Waals surface area (Å²) in [5.74, 6) is -1.42. The fourth-order valence-corrected chi connectivity index (χ4v) is 2.19. The Bertz CT molecular complexity index is 270.